The third-order valence-corrected chi connectivity index (χ3v) is 5.18. The molecule has 2 rings (SSSR count). The number of carbonyl (C=O) groups is 1. The third kappa shape index (κ3) is 3.28. The second-order valence-electron chi connectivity index (χ2n) is 4.61. The van der Waals surface area contributed by atoms with Crippen LogP contribution >= 0.6 is 0 Å². The minimum Gasteiger partial charge on any atom is -0.438 e. The maximum atomic E-state index is 12.4. The first-order valence-corrected chi connectivity index (χ1v) is 8.41. The molecular weight excluding hydrogens is 296 g/mol. The fourth-order valence-electron chi connectivity index (χ4n) is 2.15. The van der Waals surface area contributed by atoms with Gasteiger partial charge in [-0.05, 0) is 26.0 Å². The van der Waals surface area contributed by atoms with Crippen molar-refractivity contribution in [1.29, 1.82) is 0 Å². The number of ether oxygens (including phenoxy) is 1. The zero-order valence-corrected chi connectivity index (χ0v) is 13.1. The topological polar surface area (TPSA) is 80.1 Å². The predicted molar refractivity (Wildman–Crippen MR) is 75.5 cm³/mol. The molecule has 1 aromatic heterocycles. The number of morpholine rings is 1. The molecule has 0 radical (unpaired) electrons. The molecule has 1 saturated heterocycles. The molecule has 0 bridgehead atoms. The number of rotatable bonds is 5. The Morgan fingerprint density at radius 2 is 1.86 bits per heavy atom. The Bertz CT molecular complexity index is 585. The number of carbonyl (C=O) groups excluding carboxylic acids is 1. The highest BCUT2D eigenvalue weighted by atomic mass is 32.2. The fraction of sp³-hybridized carbons (Fsp3) is 0.615. The lowest BCUT2D eigenvalue weighted by Gasteiger charge is -2.24. The van der Waals surface area contributed by atoms with E-state index >= 15 is 0 Å². The predicted octanol–water partition coefficient (Wildman–Crippen LogP) is 0.782. The van der Waals surface area contributed by atoms with E-state index in [0.29, 0.717) is 39.4 Å². The van der Waals surface area contributed by atoms with Gasteiger partial charge >= 0.3 is 0 Å². The average molecular weight is 316 g/mol. The Morgan fingerprint density at radius 3 is 2.43 bits per heavy atom. The maximum Gasteiger partial charge on any atom is 0.289 e. The molecule has 0 N–H and O–H groups in total. The van der Waals surface area contributed by atoms with Crippen LogP contribution in [0.15, 0.2) is 21.6 Å². The molecule has 118 valence electrons. The normalized spacial score (nSPS) is 16.9. The van der Waals surface area contributed by atoms with E-state index in [1.165, 1.54) is 16.4 Å². The van der Waals surface area contributed by atoms with E-state index in [1.807, 2.05) is 13.8 Å². The number of amides is 1. The van der Waals surface area contributed by atoms with E-state index in [0.717, 1.165) is 0 Å². The third-order valence-electron chi connectivity index (χ3n) is 3.41. The van der Waals surface area contributed by atoms with Crippen LogP contribution < -0.4 is 0 Å². The molecule has 0 spiro atoms. The Morgan fingerprint density at radius 1 is 1.24 bits per heavy atom. The van der Waals surface area contributed by atoms with E-state index in [2.05, 4.69) is 0 Å². The molecule has 21 heavy (non-hydrogen) atoms. The lowest BCUT2D eigenvalue weighted by atomic mass is 10.4. The number of sulfonamides is 1. The molecule has 1 fully saturated rings. The highest BCUT2D eigenvalue weighted by molar-refractivity contribution is 7.89. The van der Waals surface area contributed by atoms with Crippen LogP contribution in [-0.4, -0.2) is 62.9 Å². The van der Waals surface area contributed by atoms with Crippen LogP contribution in [0, 0.1) is 0 Å². The Hall–Kier alpha value is -1.38. The highest BCUT2D eigenvalue weighted by Crippen LogP contribution is 2.20. The van der Waals surface area contributed by atoms with Gasteiger partial charge in [-0.25, -0.2) is 8.42 Å². The first-order chi connectivity index (χ1) is 10.0. The molecule has 1 aromatic rings. The summed E-state index contributed by atoms with van der Waals surface area (Å²) in [5.41, 5.74) is 0. The fourth-order valence-corrected chi connectivity index (χ4v) is 3.47. The van der Waals surface area contributed by atoms with Crippen LogP contribution in [0.4, 0.5) is 0 Å². The van der Waals surface area contributed by atoms with Gasteiger partial charge in [-0.15, -0.1) is 0 Å². The molecule has 1 aliphatic rings. The minimum atomic E-state index is -3.70. The maximum absolute atomic E-state index is 12.4. The summed E-state index contributed by atoms with van der Waals surface area (Å²) in [5.74, 6) is -0.256. The molecular formula is C13H20N2O5S. The van der Waals surface area contributed by atoms with Crippen LogP contribution in [-0.2, 0) is 14.8 Å². The van der Waals surface area contributed by atoms with Crippen LogP contribution in [0.1, 0.15) is 24.4 Å². The monoisotopic (exact) mass is 316 g/mol. The summed E-state index contributed by atoms with van der Waals surface area (Å²) in [4.78, 5) is 13.7. The molecule has 2 heterocycles. The van der Waals surface area contributed by atoms with E-state index in [9.17, 15) is 13.2 Å². The summed E-state index contributed by atoms with van der Waals surface area (Å²) in [5, 5.41) is -0.195. The first-order valence-electron chi connectivity index (χ1n) is 6.97. The van der Waals surface area contributed by atoms with Crippen molar-refractivity contribution in [1.82, 2.24) is 9.21 Å². The SMILES string of the molecule is CCN(CC)C(=O)c1ccc(S(=O)(=O)N2CCOCC2)o1. The summed E-state index contributed by atoms with van der Waals surface area (Å²) < 4.78 is 36.5. The number of hydrogen-bond donors (Lipinski definition) is 0. The molecule has 8 heteroatoms. The molecule has 1 amide bonds. The average Bonchev–Trinajstić information content (AvgIpc) is 3.00. The zero-order valence-electron chi connectivity index (χ0n) is 12.2. The van der Waals surface area contributed by atoms with Crippen molar-refractivity contribution in [3.63, 3.8) is 0 Å². The lowest BCUT2D eigenvalue weighted by molar-refractivity contribution is 0.0710. The second kappa shape index (κ2) is 6.59. The van der Waals surface area contributed by atoms with Crippen molar-refractivity contribution in [2.75, 3.05) is 39.4 Å². The van der Waals surface area contributed by atoms with Crippen molar-refractivity contribution in [3.8, 4) is 0 Å². The van der Waals surface area contributed by atoms with Crippen molar-refractivity contribution in [3.05, 3.63) is 17.9 Å². The summed E-state index contributed by atoms with van der Waals surface area (Å²) in [6.45, 7) is 6.12. The van der Waals surface area contributed by atoms with E-state index < -0.39 is 10.0 Å². The van der Waals surface area contributed by atoms with Gasteiger partial charge in [0.15, 0.2) is 5.76 Å². The molecule has 0 atom stereocenters. The van der Waals surface area contributed by atoms with Crippen molar-refractivity contribution in [2.24, 2.45) is 0 Å². The van der Waals surface area contributed by atoms with Crippen LogP contribution in [0.3, 0.4) is 0 Å². The van der Waals surface area contributed by atoms with E-state index in [-0.39, 0.29) is 16.8 Å². The zero-order chi connectivity index (χ0) is 15.5. The quantitative estimate of drug-likeness (QED) is 0.802. The van der Waals surface area contributed by atoms with Crippen LogP contribution in [0.25, 0.3) is 0 Å². The largest absolute Gasteiger partial charge is 0.438 e. The van der Waals surface area contributed by atoms with Gasteiger partial charge in [0.25, 0.3) is 15.9 Å². The molecule has 0 saturated carbocycles. The number of nitrogens with zero attached hydrogens (tertiary/aromatic N) is 2. The summed E-state index contributed by atoms with van der Waals surface area (Å²) in [6.07, 6.45) is 0. The number of furan rings is 1. The summed E-state index contributed by atoms with van der Waals surface area (Å²) in [6, 6.07) is 2.75. The lowest BCUT2D eigenvalue weighted by Crippen LogP contribution is -2.40. The van der Waals surface area contributed by atoms with Gasteiger partial charge in [0, 0.05) is 26.2 Å². The van der Waals surface area contributed by atoms with Gasteiger partial charge in [0.1, 0.15) is 0 Å². The molecule has 0 aliphatic carbocycles. The number of hydrogen-bond acceptors (Lipinski definition) is 5. The highest BCUT2D eigenvalue weighted by Gasteiger charge is 2.30. The molecule has 0 unspecified atom stereocenters. The molecule has 0 aromatic carbocycles. The second-order valence-corrected chi connectivity index (χ2v) is 6.48. The van der Waals surface area contributed by atoms with Gasteiger partial charge in [-0.3, -0.25) is 4.79 Å². The molecule has 7 nitrogen and oxygen atoms in total. The Kier molecular flexibility index (Phi) is 5.02. The Balaban J connectivity index is 2.20. The smallest absolute Gasteiger partial charge is 0.289 e. The van der Waals surface area contributed by atoms with Gasteiger partial charge in [0.2, 0.25) is 5.09 Å². The van der Waals surface area contributed by atoms with E-state index in [4.69, 9.17) is 9.15 Å². The standard InChI is InChI=1S/C13H20N2O5S/c1-3-14(4-2)13(16)11-5-6-12(20-11)21(17,18)15-7-9-19-10-8-15/h5-6H,3-4,7-10H2,1-2H3. The van der Waals surface area contributed by atoms with Crippen LogP contribution in [0.5, 0.6) is 0 Å². The van der Waals surface area contributed by atoms with Crippen molar-refractivity contribution >= 4 is 15.9 Å². The van der Waals surface area contributed by atoms with E-state index in [1.54, 1.807) is 4.90 Å². The van der Waals surface area contributed by atoms with Gasteiger partial charge < -0.3 is 14.1 Å². The van der Waals surface area contributed by atoms with Gasteiger partial charge in [-0.1, -0.05) is 0 Å². The van der Waals surface area contributed by atoms with Gasteiger partial charge in [-0.2, -0.15) is 4.31 Å². The molecule has 1 aliphatic heterocycles. The van der Waals surface area contributed by atoms with Crippen molar-refractivity contribution in [2.45, 2.75) is 18.9 Å². The summed E-state index contributed by atoms with van der Waals surface area (Å²) >= 11 is 0. The van der Waals surface area contributed by atoms with Crippen molar-refractivity contribution < 1.29 is 22.4 Å². The Labute approximate surface area is 124 Å². The minimum absolute atomic E-state index is 0.0468. The van der Waals surface area contributed by atoms with Gasteiger partial charge in [0.05, 0.1) is 13.2 Å². The summed E-state index contributed by atoms with van der Waals surface area (Å²) in [7, 11) is -3.70. The first kappa shape index (κ1) is 16.0. The van der Waals surface area contributed by atoms with Crippen LogP contribution in [0.2, 0.25) is 0 Å².